The predicted molar refractivity (Wildman–Crippen MR) is 136 cm³/mol. The van der Waals surface area contributed by atoms with Crippen molar-refractivity contribution in [1.29, 1.82) is 0 Å². The summed E-state index contributed by atoms with van der Waals surface area (Å²) in [6.45, 7) is 15.0. The molecule has 0 amide bonds. The van der Waals surface area contributed by atoms with Gasteiger partial charge in [-0.05, 0) is 81.3 Å². The molecule has 2 nitrogen and oxygen atoms in total. The number of hydrogen-bond acceptors (Lipinski definition) is 4. The fourth-order valence-corrected chi connectivity index (χ4v) is 4.98. The first-order valence-electron chi connectivity index (χ1n) is 11.3. The van der Waals surface area contributed by atoms with E-state index in [0.717, 1.165) is 48.1 Å². The van der Waals surface area contributed by atoms with Gasteiger partial charge in [-0.1, -0.05) is 69.2 Å². The van der Waals surface area contributed by atoms with Gasteiger partial charge in [0.05, 0.1) is 0 Å². The highest BCUT2D eigenvalue weighted by Crippen LogP contribution is 2.47. The zero-order chi connectivity index (χ0) is 22.3. The van der Waals surface area contributed by atoms with Crippen molar-refractivity contribution in [3.63, 3.8) is 0 Å². The van der Waals surface area contributed by atoms with Gasteiger partial charge in [0.1, 0.15) is 11.5 Å². The first kappa shape index (κ1) is 25.0. The number of unbranched alkanes of at least 4 members (excludes halogenated alkanes) is 2. The number of allylic oxidation sites excluding steroid dienone is 3. The molecule has 0 heterocycles. The van der Waals surface area contributed by atoms with Crippen LogP contribution in [0.3, 0.4) is 0 Å². The van der Waals surface area contributed by atoms with Crippen LogP contribution >= 0.6 is 24.0 Å². The number of aromatic hydroxyl groups is 1. The number of benzene rings is 1. The van der Waals surface area contributed by atoms with Crippen LogP contribution in [0.15, 0.2) is 35.9 Å². The molecule has 0 fully saturated rings. The standard InChI is InChI=1S/C26H38O2S2/c1-7-8-9-10-20-14-23(27)25(22-13-19(6)11-12-21(22)18(4)5)24(15-20)28-26(29)30-16-17(2)3/h13-15,17,21-22,27H,4,7-12,16H2,1-3,5-6H3. The summed E-state index contributed by atoms with van der Waals surface area (Å²) in [5.74, 6) is 2.86. The summed E-state index contributed by atoms with van der Waals surface area (Å²) in [7, 11) is 0. The third-order valence-electron chi connectivity index (χ3n) is 5.69. The van der Waals surface area contributed by atoms with Crippen LogP contribution in [-0.4, -0.2) is 15.2 Å². The minimum absolute atomic E-state index is 0.0637. The lowest BCUT2D eigenvalue weighted by molar-refractivity contribution is 0.424. The molecule has 0 bridgehead atoms. The average molecular weight is 447 g/mol. The number of hydrogen-bond donors (Lipinski definition) is 1. The van der Waals surface area contributed by atoms with Crippen molar-refractivity contribution in [3.8, 4) is 11.5 Å². The van der Waals surface area contributed by atoms with E-state index in [1.54, 1.807) is 11.8 Å². The maximum atomic E-state index is 11.1. The zero-order valence-electron chi connectivity index (χ0n) is 19.3. The van der Waals surface area contributed by atoms with Crippen molar-refractivity contribution in [3.05, 3.63) is 47.1 Å². The molecule has 1 N–H and O–H groups in total. The first-order valence-corrected chi connectivity index (χ1v) is 12.6. The predicted octanol–water partition coefficient (Wildman–Crippen LogP) is 8.19. The summed E-state index contributed by atoms with van der Waals surface area (Å²) >= 11 is 7.11. The molecule has 0 aromatic heterocycles. The van der Waals surface area contributed by atoms with Crippen molar-refractivity contribution >= 4 is 28.4 Å². The van der Waals surface area contributed by atoms with E-state index in [1.165, 1.54) is 18.4 Å². The molecule has 0 saturated heterocycles. The minimum atomic E-state index is 0.0637. The maximum absolute atomic E-state index is 11.1. The number of thioether (sulfide) groups is 1. The third kappa shape index (κ3) is 7.16. The molecule has 166 valence electrons. The summed E-state index contributed by atoms with van der Waals surface area (Å²) in [6, 6.07) is 4.02. The van der Waals surface area contributed by atoms with Crippen molar-refractivity contribution in [2.75, 3.05) is 5.75 Å². The Morgan fingerprint density at radius 1 is 1.33 bits per heavy atom. The molecule has 2 atom stereocenters. The van der Waals surface area contributed by atoms with E-state index in [9.17, 15) is 5.11 Å². The molecule has 1 aliphatic rings. The van der Waals surface area contributed by atoms with E-state index in [0.29, 0.717) is 27.7 Å². The highest BCUT2D eigenvalue weighted by molar-refractivity contribution is 8.22. The fourth-order valence-electron chi connectivity index (χ4n) is 4.07. The van der Waals surface area contributed by atoms with Crippen molar-refractivity contribution in [1.82, 2.24) is 0 Å². The van der Waals surface area contributed by atoms with E-state index in [-0.39, 0.29) is 5.92 Å². The molecule has 0 spiro atoms. The molecule has 30 heavy (non-hydrogen) atoms. The van der Waals surface area contributed by atoms with E-state index in [4.69, 9.17) is 17.0 Å². The molecule has 0 saturated carbocycles. The number of phenols is 1. The summed E-state index contributed by atoms with van der Waals surface area (Å²) in [5, 5.41) is 11.1. The van der Waals surface area contributed by atoms with E-state index >= 15 is 0 Å². The van der Waals surface area contributed by atoms with Crippen LogP contribution in [0.5, 0.6) is 11.5 Å². The lowest BCUT2D eigenvalue weighted by atomic mass is 9.73. The molecular weight excluding hydrogens is 408 g/mol. The molecule has 2 unspecified atom stereocenters. The van der Waals surface area contributed by atoms with E-state index in [1.807, 2.05) is 6.07 Å². The molecule has 1 aliphatic carbocycles. The van der Waals surface area contributed by atoms with E-state index in [2.05, 4.69) is 53.3 Å². The highest BCUT2D eigenvalue weighted by atomic mass is 32.2. The Morgan fingerprint density at radius 3 is 2.70 bits per heavy atom. The summed E-state index contributed by atoms with van der Waals surface area (Å²) < 4.78 is 6.74. The van der Waals surface area contributed by atoms with Crippen LogP contribution in [0.25, 0.3) is 0 Å². The van der Waals surface area contributed by atoms with Gasteiger partial charge < -0.3 is 9.84 Å². The lowest BCUT2D eigenvalue weighted by Gasteiger charge is -2.32. The minimum Gasteiger partial charge on any atom is -0.507 e. The van der Waals surface area contributed by atoms with Crippen molar-refractivity contribution in [2.45, 2.75) is 79.1 Å². The Kier molecular flexibility index (Phi) is 9.96. The summed E-state index contributed by atoms with van der Waals surface area (Å²) in [6.07, 6.45) is 8.81. The smallest absolute Gasteiger partial charge is 0.225 e. The lowest BCUT2D eigenvalue weighted by Crippen LogP contribution is -2.18. The largest absolute Gasteiger partial charge is 0.507 e. The Labute approximate surface area is 193 Å². The molecule has 0 aliphatic heterocycles. The van der Waals surface area contributed by atoms with Gasteiger partial charge in [-0.15, -0.1) is 0 Å². The molecule has 1 aromatic carbocycles. The number of aryl methyl sites for hydroxylation is 1. The van der Waals surface area contributed by atoms with E-state index < -0.39 is 0 Å². The Balaban J connectivity index is 2.44. The maximum Gasteiger partial charge on any atom is 0.225 e. The highest BCUT2D eigenvalue weighted by Gasteiger charge is 2.31. The second-order valence-corrected chi connectivity index (χ2v) is 10.7. The van der Waals surface area contributed by atoms with Gasteiger partial charge in [0.15, 0.2) is 0 Å². The van der Waals surface area contributed by atoms with Crippen LogP contribution < -0.4 is 4.74 Å². The van der Waals surface area contributed by atoms with Gasteiger partial charge in [0, 0.05) is 17.2 Å². The van der Waals surface area contributed by atoms with Gasteiger partial charge in [-0.25, -0.2) is 0 Å². The SMILES string of the molecule is C=C(C)C1CCC(C)=CC1c1c(O)cc(CCCCC)cc1OC(=S)SCC(C)C. The van der Waals surface area contributed by atoms with Gasteiger partial charge in [-0.2, -0.15) is 0 Å². The molecule has 0 radical (unpaired) electrons. The second kappa shape index (κ2) is 12.0. The molecule has 2 rings (SSSR count). The van der Waals surface area contributed by atoms with Crippen molar-refractivity contribution < 1.29 is 9.84 Å². The van der Waals surface area contributed by atoms with Gasteiger partial charge in [-0.3, -0.25) is 0 Å². The van der Waals surface area contributed by atoms with Gasteiger partial charge in [0.2, 0.25) is 4.38 Å². The average Bonchev–Trinajstić information content (AvgIpc) is 2.66. The van der Waals surface area contributed by atoms with Crippen molar-refractivity contribution in [2.24, 2.45) is 11.8 Å². The topological polar surface area (TPSA) is 29.5 Å². The van der Waals surface area contributed by atoms with Gasteiger partial charge in [0.25, 0.3) is 0 Å². The van der Waals surface area contributed by atoms with Crippen LogP contribution in [0, 0.1) is 11.8 Å². The quantitative estimate of drug-likeness (QED) is 0.235. The van der Waals surface area contributed by atoms with Crippen LogP contribution in [0.2, 0.25) is 0 Å². The summed E-state index contributed by atoms with van der Waals surface area (Å²) in [4.78, 5) is 0. The van der Waals surface area contributed by atoms with Crippen LogP contribution in [0.1, 0.15) is 83.8 Å². The normalized spacial score (nSPS) is 18.9. The number of phenolic OH excluding ortho intramolecular Hbond substituents is 1. The number of thiocarbonyl (C=S) groups is 1. The third-order valence-corrected chi connectivity index (χ3v) is 7.28. The molecule has 1 aromatic rings. The van der Waals surface area contributed by atoms with Crippen LogP contribution in [-0.2, 0) is 6.42 Å². The van der Waals surface area contributed by atoms with Crippen LogP contribution in [0.4, 0.5) is 0 Å². The Bertz CT molecular complexity index is 779. The number of rotatable bonds is 9. The first-order chi connectivity index (χ1) is 14.2. The summed E-state index contributed by atoms with van der Waals surface area (Å²) in [5.41, 5.74) is 4.47. The second-order valence-electron chi connectivity index (χ2n) is 9.07. The Morgan fingerprint density at radius 2 is 2.07 bits per heavy atom. The zero-order valence-corrected chi connectivity index (χ0v) is 20.9. The Hall–Kier alpha value is -1.26. The van der Waals surface area contributed by atoms with Gasteiger partial charge >= 0.3 is 0 Å². The molecular formula is C26H38O2S2. The molecule has 4 heteroatoms. The monoisotopic (exact) mass is 446 g/mol. The number of ether oxygens (including phenoxy) is 1. The fraction of sp³-hybridized carbons (Fsp3) is 0.577.